The molecule has 0 aliphatic rings. The van der Waals surface area contributed by atoms with E-state index in [1.165, 1.54) is 11.8 Å². The van der Waals surface area contributed by atoms with Crippen LogP contribution in [0.2, 0.25) is 15.1 Å². The molecule has 0 unspecified atom stereocenters. The van der Waals surface area contributed by atoms with Crippen LogP contribution in [0.15, 0.2) is 46.2 Å². The van der Waals surface area contributed by atoms with E-state index < -0.39 is 0 Å². The molecule has 2 N–H and O–H groups in total. The maximum Gasteiger partial charge on any atom is 0.0548 e. The van der Waals surface area contributed by atoms with Crippen LogP contribution >= 0.6 is 46.6 Å². The molecule has 0 aliphatic heterocycles. The van der Waals surface area contributed by atoms with Gasteiger partial charge in [-0.05, 0) is 48.9 Å². The molecule has 0 spiro atoms. The molecule has 2 aromatic rings. The van der Waals surface area contributed by atoms with Crippen LogP contribution in [-0.4, -0.2) is 6.54 Å². The van der Waals surface area contributed by atoms with E-state index in [9.17, 15) is 0 Å². The predicted molar refractivity (Wildman–Crippen MR) is 84.8 cm³/mol. The van der Waals surface area contributed by atoms with Crippen molar-refractivity contribution in [1.29, 1.82) is 0 Å². The van der Waals surface area contributed by atoms with Gasteiger partial charge < -0.3 is 5.73 Å². The molecule has 0 heterocycles. The number of benzene rings is 2. The van der Waals surface area contributed by atoms with Crippen LogP contribution < -0.4 is 5.73 Å². The molecule has 19 heavy (non-hydrogen) atoms. The first-order valence-corrected chi connectivity index (χ1v) is 7.66. The van der Waals surface area contributed by atoms with E-state index in [1.54, 1.807) is 12.1 Å². The highest BCUT2D eigenvalue weighted by molar-refractivity contribution is 7.99. The van der Waals surface area contributed by atoms with Crippen LogP contribution in [0.4, 0.5) is 0 Å². The van der Waals surface area contributed by atoms with Gasteiger partial charge in [-0.25, -0.2) is 0 Å². The Bertz CT molecular complexity index is 587. The zero-order chi connectivity index (χ0) is 13.8. The normalized spacial score (nSPS) is 10.7. The van der Waals surface area contributed by atoms with Crippen LogP contribution in [-0.2, 0) is 6.42 Å². The third-order valence-corrected chi connectivity index (χ3v) is 4.78. The van der Waals surface area contributed by atoms with Gasteiger partial charge in [0.15, 0.2) is 0 Å². The smallest absolute Gasteiger partial charge is 0.0548 e. The summed E-state index contributed by atoms with van der Waals surface area (Å²) in [6, 6.07) is 11.3. The molecule has 0 fully saturated rings. The topological polar surface area (TPSA) is 26.0 Å². The standard InChI is InChI=1S/C14H12Cl3NS/c15-10-2-3-11(16)14(8-10)19-13-4-1-9(5-6-18)7-12(13)17/h1-4,7-8H,5-6,18H2. The van der Waals surface area contributed by atoms with Gasteiger partial charge in [-0.1, -0.05) is 52.6 Å². The van der Waals surface area contributed by atoms with Gasteiger partial charge in [0, 0.05) is 14.8 Å². The van der Waals surface area contributed by atoms with E-state index >= 15 is 0 Å². The monoisotopic (exact) mass is 331 g/mol. The molecule has 0 amide bonds. The third kappa shape index (κ3) is 4.04. The molecule has 100 valence electrons. The van der Waals surface area contributed by atoms with E-state index in [0.29, 0.717) is 21.6 Å². The fourth-order valence-corrected chi connectivity index (χ4v) is 3.29. The van der Waals surface area contributed by atoms with Crippen molar-refractivity contribution in [3.63, 3.8) is 0 Å². The van der Waals surface area contributed by atoms with Gasteiger partial charge in [-0.2, -0.15) is 0 Å². The van der Waals surface area contributed by atoms with E-state index in [-0.39, 0.29) is 0 Å². The molecule has 5 heteroatoms. The molecule has 0 atom stereocenters. The van der Waals surface area contributed by atoms with E-state index in [4.69, 9.17) is 40.5 Å². The number of hydrogen-bond donors (Lipinski definition) is 1. The Hall–Kier alpha value is -0.380. The second kappa shape index (κ2) is 6.87. The average molecular weight is 333 g/mol. The minimum Gasteiger partial charge on any atom is -0.330 e. The van der Waals surface area contributed by atoms with Crippen LogP contribution in [0.5, 0.6) is 0 Å². The van der Waals surface area contributed by atoms with Gasteiger partial charge in [-0.15, -0.1) is 0 Å². The zero-order valence-corrected chi connectivity index (χ0v) is 13.1. The minimum atomic E-state index is 0.614. The zero-order valence-electron chi connectivity index (χ0n) is 10.00. The molecule has 1 nitrogen and oxygen atoms in total. The molecule has 2 aromatic carbocycles. The van der Waals surface area contributed by atoms with Gasteiger partial charge in [0.25, 0.3) is 0 Å². The number of nitrogens with two attached hydrogens (primary N) is 1. The Balaban J connectivity index is 2.25. The molecule has 0 radical (unpaired) electrons. The van der Waals surface area contributed by atoms with Crippen molar-refractivity contribution in [3.05, 3.63) is 57.0 Å². The molecule has 0 saturated carbocycles. The number of rotatable bonds is 4. The van der Waals surface area contributed by atoms with Crippen molar-refractivity contribution in [2.24, 2.45) is 5.73 Å². The highest BCUT2D eigenvalue weighted by Gasteiger charge is 2.08. The molecular formula is C14H12Cl3NS. The quantitative estimate of drug-likeness (QED) is 0.822. The number of hydrogen-bond acceptors (Lipinski definition) is 2. The second-order valence-corrected chi connectivity index (χ2v) is 6.31. The van der Waals surface area contributed by atoms with Gasteiger partial charge >= 0.3 is 0 Å². The summed E-state index contributed by atoms with van der Waals surface area (Å²) in [5, 5.41) is 2.02. The summed E-state index contributed by atoms with van der Waals surface area (Å²) in [6.45, 7) is 0.614. The predicted octanol–water partition coefficient (Wildman–Crippen LogP) is 5.30. The fourth-order valence-electron chi connectivity index (χ4n) is 1.62. The summed E-state index contributed by atoms with van der Waals surface area (Å²) < 4.78 is 0. The Kier molecular flexibility index (Phi) is 5.43. The molecule has 0 aliphatic carbocycles. The third-order valence-electron chi connectivity index (χ3n) is 2.54. The lowest BCUT2D eigenvalue weighted by Crippen LogP contribution is -2.02. The summed E-state index contributed by atoms with van der Waals surface area (Å²) >= 11 is 19.9. The van der Waals surface area contributed by atoms with E-state index in [0.717, 1.165) is 21.8 Å². The van der Waals surface area contributed by atoms with Gasteiger partial charge in [-0.3, -0.25) is 0 Å². The molecule has 2 rings (SSSR count). The van der Waals surface area contributed by atoms with Gasteiger partial charge in [0.2, 0.25) is 0 Å². The first-order valence-electron chi connectivity index (χ1n) is 5.71. The second-order valence-electron chi connectivity index (χ2n) is 3.98. The summed E-state index contributed by atoms with van der Waals surface area (Å²) in [5.41, 5.74) is 6.66. The summed E-state index contributed by atoms with van der Waals surface area (Å²) in [4.78, 5) is 1.84. The van der Waals surface area contributed by atoms with Crippen LogP contribution in [0, 0.1) is 0 Å². The molecular weight excluding hydrogens is 321 g/mol. The highest BCUT2D eigenvalue weighted by atomic mass is 35.5. The lowest BCUT2D eigenvalue weighted by molar-refractivity contribution is 0.966. The Morgan fingerprint density at radius 1 is 0.895 bits per heavy atom. The SMILES string of the molecule is NCCc1ccc(Sc2cc(Cl)ccc2Cl)c(Cl)c1. The van der Waals surface area contributed by atoms with E-state index in [2.05, 4.69) is 0 Å². The Labute approximate surface area is 132 Å². The maximum absolute atomic E-state index is 6.27. The molecule has 0 aromatic heterocycles. The fraction of sp³-hybridized carbons (Fsp3) is 0.143. The largest absolute Gasteiger partial charge is 0.330 e. The molecule has 0 bridgehead atoms. The maximum atomic E-state index is 6.27. The first kappa shape index (κ1) is 15.0. The van der Waals surface area contributed by atoms with Crippen LogP contribution in [0.1, 0.15) is 5.56 Å². The van der Waals surface area contributed by atoms with Crippen molar-refractivity contribution < 1.29 is 0 Å². The summed E-state index contributed by atoms with van der Waals surface area (Å²) in [6.07, 6.45) is 0.822. The number of halogens is 3. The Morgan fingerprint density at radius 3 is 2.37 bits per heavy atom. The van der Waals surface area contributed by atoms with Crippen molar-refractivity contribution >= 4 is 46.6 Å². The summed E-state index contributed by atoms with van der Waals surface area (Å²) in [5.74, 6) is 0. The first-order chi connectivity index (χ1) is 9.10. The van der Waals surface area contributed by atoms with Crippen molar-refractivity contribution in [3.8, 4) is 0 Å². The van der Waals surface area contributed by atoms with Crippen LogP contribution in [0.25, 0.3) is 0 Å². The van der Waals surface area contributed by atoms with E-state index in [1.807, 2.05) is 24.3 Å². The van der Waals surface area contributed by atoms with Crippen molar-refractivity contribution in [1.82, 2.24) is 0 Å². The molecule has 0 saturated heterocycles. The van der Waals surface area contributed by atoms with Crippen LogP contribution in [0.3, 0.4) is 0 Å². The van der Waals surface area contributed by atoms with Crippen molar-refractivity contribution in [2.45, 2.75) is 16.2 Å². The van der Waals surface area contributed by atoms with Gasteiger partial charge in [0.1, 0.15) is 0 Å². The van der Waals surface area contributed by atoms with Crippen molar-refractivity contribution in [2.75, 3.05) is 6.54 Å². The minimum absolute atomic E-state index is 0.614. The van der Waals surface area contributed by atoms with Gasteiger partial charge in [0.05, 0.1) is 10.0 Å². The summed E-state index contributed by atoms with van der Waals surface area (Å²) in [7, 11) is 0. The lowest BCUT2D eigenvalue weighted by Gasteiger charge is -2.08. The Morgan fingerprint density at radius 2 is 1.68 bits per heavy atom. The lowest BCUT2D eigenvalue weighted by atomic mass is 10.1. The highest BCUT2D eigenvalue weighted by Crippen LogP contribution is 2.38. The average Bonchev–Trinajstić information content (AvgIpc) is 2.37.